The molecule has 0 bridgehead atoms. The molecule has 2 aromatic carbocycles. The van der Waals surface area contributed by atoms with Crippen LogP contribution in [-0.4, -0.2) is 56.0 Å². The van der Waals surface area contributed by atoms with Gasteiger partial charge in [0.05, 0.1) is 22.9 Å². The molecule has 0 aliphatic carbocycles. The maximum atomic E-state index is 14.2. The largest absolute Gasteiger partial charge is 0.376 e. The van der Waals surface area contributed by atoms with E-state index in [1.165, 1.54) is 39.4 Å². The molecule has 0 N–H and O–H groups in total. The number of piperidine rings is 1. The van der Waals surface area contributed by atoms with E-state index in [-0.39, 0.29) is 35.9 Å². The van der Waals surface area contributed by atoms with E-state index in [1.54, 1.807) is 4.90 Å². The average Bonchev–Trinajstić information content (AvgIpc) is 3.52. The van der Waals surface area contributed by atoms with Crippen molar-refractivity contribution in [3.05, 3.63) is 53.3 Å². The molecular weight excluding hydrogens is 501 g/mol. The van der Waals surface area contributed by atoms with Crippen LogP contribution in [0.1, 0.15) is 36.8 Å². The number of aryl methyl sites for hydroxylation is 2. The first-order chi connectivity index (χ1) is 17.2. The highest BCUT2D eigenvalue weighted by Crippen LogP contribution is 2.34. The molecule has 1 atom stereocenters. The van der Waals surface area contributed by atoms with Crippen LogP contribution in [0.2, 0.25) is 0 Å². The van der Waals surface area contributed by atoms with Crippen LogP contribution in [0.25, 0.3) is 10.2 Å². The summed E-state index contributed by atoms with van der Waals surface area (Å²) in [7, 11) is -3.96. The topological polar surface area (TPSA) is 79.8 Å². The zero-order chi connectivity index (χ0) is 25.4. The Balaban J connectivity index is 1.36. The molecule has 1 aromatic heterocycles. The third-order valence-corrected chi connectivity index (χ3v) is 10.1. The van der Waals surface area contributed by atoms with Crippen molar-refractivity contribution < 1.29 is 22.3 Å². The molecule has 2 saturated heterocycles. The Kier molecular flexibility index (Phi) is 7.13. The summed E-state index contributed by atoms with van der Waals surface area (Å²) in [4.78, 5) is 20.0. The summed E-state index contributed by atoms with van der Waals surface area (Å²) in [6.07, 6.45) is 2.57. The number of fused-ring (bicyclic) bond motifs is 1. The number of halogens is 1. The first-order valence-electron chi connectivity index (χ1n) is 12.3. The lowest BCUT2D eigenvalue weighted by atomic mass is 9.96. The molecule has 0 spiro atoms. The SMILES string of the molecule is Cc1cc2nc(N(CC3CCCO3)C(=O)C3CCN(S(=O)(=O)c4ccccc4F)CC3)sc2cc1C. The summed E-state index contributed by atoms with van der Waals surface area (Å²) in [5, 5.41) is 0.650. The number of sulfonamides is 1. The minimum Gasteiger partial charge on any atom is -0.376 e. The van der Waals surface area contributed by atoms with E-state index in [2.05, 4.69) is 13.0 Å². The molecule has 10 heteroatoms. The third-order valence-electron chi connectivity index (χ3n) is 7.16. The van der Waals surface area contributed by atoms with Crippen molar-refractivity contribution in [3.63, 3.8) is 0 Å². The van der Waals surface area contributed by atoms with Gasteiger partial charge in [0.2, 0.25) is 15.9 Å². The molecule has 0 saturated carbocycles. The number of nitrogens with zero attached hydrogens (tertiary/aromatic N) is 3. The Bertz CT molecular complexity index is 1340. The number of hydrogen-bond acceptors (Lipinski definition) is 6. The molecule has 1 unspecified atom stereocenters. The van der Waals surface area contributed by atoms with Crippen molar-refractivity contribution in [1.29, 1.82) is 0 Å². The third kappa shape index (κ3) is 4.91. The lowest BCUT2D eigenvalue weighted by Gasteiger charge is -2.33. The van der Waals surface area contributed by atoms with Crippen molar-refractivity contribution in [2.45, 2.75) is 50.5 Å². The highest BCUT2D eigenvalue weighted by atomic mass is 32.2. The zero-order valence-electron chi connectivity index (χ0n) is 20.4. The fraction of sp³-hybridized carbons (Fsp3) is 0.462. The lowest BCUT2D eigenvalue weighted by Crippen LogP contribution is -2.46. The average molecular weight is 532 g/mol. The summed E-state index contributed by atoms with van der Waals surface area (Å²) in [6, 6.07) is 9.55. The van der Waals surface area contributed by atoms with E-state index in [1.807, 2.05) is 13.0 Å². The van der Waals surface area contributed by atoms with Gasteiger partial charge in [-0.3, -0.25) is 9.69 Å². The van der Waals surface area contributed by atoms with E-state index < -0.39 is 15.8 Å². The molecule has 2 aliphatic rings. The molecule has 1 amide bonds. The smallest absolute Gasteiger partial charge is 0.245 e. The quantitative estimate of drug-likeness (QED) is 0.462. The van der Waals surface area contributed by atoms with Crippen LogP contribution in [0.4, 0.5) is 9.52 Å². The Hall–Kier alpha value is -2.40. The molecule has 7 nitrogen and oxygen atoms in total. The van der Waals surface area contributed by atoms with Gasteiger partial charge in [-0.25, -0.2) is 17.8 Å². The summed E-state index contributed by atoms with van der Waals surface area (Å²) >= 11 is 1.50. The number of amides is 1. The fourth-order valence-corrected chi connectivity index (χ4v) is 7.49. The van der Waals surface area contributed by atoms with Crippen molar-refractivity contribution in [1.82, 2.24) is 9.29 Å². The maximum Gasteiger partial charge on any atom is 0.245 e. The van der Waals surface area contributed by atoms with Crippen LogP contribution in [0.5, 0.6) is 0 Å². The molecule has 36 heavy (non-hydrogen) atoms. The first-order valence-corrected chi connectivity index (χ1v) is 14.5. The van der Waals surface area contributed by atoms with Gasteiger partial charge in [-0.2, -0.15) is 4.31 Å². The number of aromatic nitrogens is 1. The molecule has 3 heterocycles. The number of thiazole rings is 1. The van der Waals surface area contributed by atoms with Gasteiger partial charge in [-0.1, -0.05) is 23.5 Å². The molecule has 2 aliphatic heterocycles. The summed E-state index contributed by atoms with van der Waals surface area (Å²) < 4.78 is 48.3. The van der Waals surface area contributed by atoms with E-state index >= 15 is 0 Å². The Morgan fingerprint density at radius 3 is 2.58 bits per heavy atom. The van der Waals surface area contributed by atoms with Gasteiger partial charge < -0.3 is 4.74 Å². The number of ether oxygens (including phenoxy) is 1. The summed E-state index contributed by atoms with van der Waals surface area (Å²) in [5.74, 6) is -1.16. The van der Waals surface area contributed by atoms with Crippen LogP contribution < -0.4 is 4.90 Å². The normalized spacial score (nSPS) is 19.7. The number of rotatable bonds is 6. The van der Waals surface area contributed by atoms with Crippen LogP contribution in [0.3, 0.4) is 0 Å². The van der Waals surface area contributed by atoms with Gasteiger partial charge in [-0.05, 0) is 74.9 Å². The molecule has 192 valence electrons. The van der Waals surface area contributed by atoms with Crippen LogP contribution in [0, 0.1) is 25.6 Å². The lowest BCUT2D eigenvalue weighted by molar-refractivity contribution is -0.123. The van der Waals surface area contributed by atoms with Crippen molar-refractivity contribution in [2.24, 2.45) is 5.92 Å². The van der Waals surface area contributed by atoms with Gasteiger partial charge >= 0.3 is 0 Å². The molecular formula is C26H30FN3O4S2. The zero-order valence-corrected chi connectivity index (χ0v) is 22.1. The highest BCUT2D eigenvalue weighted by molar-refractivity contribution is 7.89. The minimum atomic E-state index is -3.96. The number of hydrogen-bond donors (Lipinski definition) is 0. The van der Waals surface area contributed by atoms with Crippen LogP contribution in [-0.2, 0) is 19.6 Å². The van der Waals surface area contributed by atoms with E-state index in [9.17, 15) is 17.6 Å². The predicted octanol–water partition coefficient (Wildman–Crippen LogP) is 4.67. The fourth-order valence-electron chi connectivity index (χ4n) is 4.89. The molecule has 3 aromatic rings. The van der Waals surface area contributed by atoms with Crippen LogP contribution in [0.15, 0.2) is 41.3 Å². The number of carbonyl (C=O) groups is 1. The number of benzene rings is 2. The number of carbonyl (C=O) groups excluding carboxylic acids is 1. The summed E-state index contributed by atoms with van der Waals surface area (Å²) in [6.45, 7) is 5.57. The van der Waals surface area contributed by atoms with E-state index in [4.69, 9.17) is 9.72 Å². The standard InChI is InChI=1S/C26H30FN3O4S2/c1-17-14-22-23(15-18(17)2)35-26(28-22)30(16-20-6-5-13-34-20)25(31)19-9-11-29(12-10-19)36(32,33)24-8-4-3-7-21(24)27/h3-4,7-8,14-15,19-20H,5-6,9-13,16H2,1-2H3. The molecule has 5 rings (SSSR count). The van der Waals surface area contributed by atoms with Gasteiger partial charge in [-0.15, -0.1) is 0 Å². The highest BCUT2D eigenvalue weighted by Gasteiger charge is 2.37. The van der Waals surface area contributed by atoms with E-state index in [0.717, 1.165) is 34.7 Å². The van der Waals surface area contributed by atoms with Gasteiger partial charge in [0.25, 0.3) is 0 Å². The van der Waals surface area contributed by atoms with Gasteiger partial charge in [0.15, 0.2) is 5.13 Å². The Morgan fingerprint density at radius 1 is 1.17 bits per heavy atom. The van der Waals surface area contributed by atoms with E-state index in [0.29, 0.717) is 31.1 Å². The van der Waals surface area contributed by atoms with Gasteiger partial charge in [0.1, 0.15) is 10.7 Å². The second kappa shape index (κ2) is 10.2. The first kappa shape index (κ1) is 25.3. The summed E-state index contributed by atoms with van der Waals surface area (Å²) in [5.41, 5.74) is 3.20. The maximum absolute atomic E-state index is 14.2. The monoisotopic (exact) mass is 531 g/mol. The predicted molar refractivity (Wildman–Crippen MR) is 138 cm³/mol. The van der Waals surface area contributed by atoms with Crippen molar-refractivity contribution in [2.75, 3.05) is 31.1 Å². The second-order valence-corrected chi connectivity index (χ2v) is 12.5. The minimum absolute atomic E-state index is 0.0362. The van der Waals surface area contributed by atoms with Crippen molar-refractivity contribution >= 4 is 42.6 Å². The van der Waals surface area contributed by atoms with Crippen molar-refractivity contribution in [3.8, 4) is 0 Å². The molecule has 0 radical (unpaired) electrons. The Labute approximate surface area is 214 Å². The second-order valence-electron chi connectivity index (χ2n) is 9.59. The number of anilines is 1. The molecule has 2 fully saturated rings. The van der Waals surface area contributed by atoms with Crippen LogP contribution >= 0.6 is 11.3 Å². The van der Waals surface area contributed by atoms with Gasteiger partial charge in [0, 0.05) is 25.6 Å². The Morgan fingerprint density at radius 2 is 1.89 bits per heavy atom.